The van der Waals surface area contributed by atoms with Gasteiger partial charge in [-0.15, -0.1) is 11.3 Å². The van der Waals surface area contributed by atoms with Crippen LogP contribution in [0.1, 0.15) is 62.7 Å². The normalized spacial score (nSPS) is 26.1. The second-order valence-corrected chi connectivity index (χ2v) is 10.7. The Morgan fingerprint density at radius 3 is 2.81 bits per heavy atom. The topological polar surface area (TPSA) is 75.6 Å². The number of allylic oxidation sites excluding steroid dienone is 2. The summed E-state index contributed by atoms with van der Waals surface area (Å²) in [7, 11) is 1.66. The number of ether oxygens (including phenoxy) is 1. The summed E-state index contributed by atoms with van der Waals surface area (Å²) in [4.78, 5) is 24.1. The molecule has 5 rings (SSSR count). The van der Waals surface area contributed by atoms with E-state index in [4.69, 9.17) is 9.84 Å². The molecule has 2 aromatic rings. The monoisotopic (exact) mass is 455 g/mol. The Morgan fingerprint density at radius 2 is 2.09 bits per heavy atom. The summed E-state index contributed by atoms with van der Waals surface area (Å²) >= 11 is 1.55. The van der Waals surface area contributed by atoms with Crippen molar-refractivity contribution in [1.29, 1.82) is 0 Å². The first-order valence-electron chi connectivity index (χ1n) is 11.5. The van der Waals surface area contributed by atoms with Crippen molar-refractivity contribution >= 4 is 33.3 Å². The molecule has 4 atom stereocenters. The van der Waals surface area contributed by atoms with E-state index >= 15 is 0 Å². The van der Waals surface area contributed by atoms with Crippen LogP contribution in [0.15, 0.2) is 35.7 Å². The lowest BCUT2D eigenvalue weighted by Crippen LogP contribution is -2.63. The molecule has 1 aromatic heterocycles. The lowest BCUT2D eigenvalue weighted by atomic mass is 9.44. The van der Waals surface area contributed by atoms with Crippen molar-refractivity contribution in [1.82, 2.24) is 5.32 Å². The number of fused-ring (bicyclic) bond motifs is 3. The van der Waals surface area contributed by atoms with Gasteiger partial charge in [-0.25, -0.2) is 0 Å². The molecule has 1 amide bonds. The van der Waals surface area contributed by atoms with Crippen LogP contribution in [0.4, 0.5) is 0 Å². The molecule has 2 unspecified atom stereocenters. The quantitative estimate of drug-likeness (QED) is 0.365. The van der Waals surface area contributed by atoms with E-state index in [9.17, 15) is 9.59 Å². The fourth-order valence-electron chi connectivity index (χ4n) is 5.73. The molecule has 0 aliphatic heterocycles. The fraction of sp³-hybridized carbons (Fsp3) is 0.538. The van der Waals surface area contributed by atoms with Crippen molar-refractivity contribution in [3.05, 3.63) is 41.3 Å². The molecule has 3 saturated carbocycles. The minimum absolute atomic E-state index is 0.00157. The Labute approximate surface area is 193 Å². The minimum Gasteiger partial charge on any atom is -0.495 e. The summed E-state index contributed by atoms with van der Waals surface area (Å²) in [5.41, 5.74) is 0.982. The molecule has 32 heavy (non-hydrogen) atoms. The standard InChI is InChI=1S/C26H33NO4S/c1-26(2)17-13-16(9-6-4-5-7-12-22(28)29)23(20(26)14-17)27-25(30)19-11-8-10-18-21(31-3)15-32-24(18)19/h4,6,8,10-11,15-17,20,23H,5,7,9,12-14H2,1-3H3,(H,27,30)(H,28,29)/b6-4-/t16-,17?,20?,23+/m0/s1. The van der Waals surface area contributed by atoms with E-state index in [0.717, 1.165) is 46.6 Å². The number of carbonyl (C=O) groups is 2. The minimum atomic E-state index is -0.742. The molecule has 0 spiro atoms. The summed E-state index contributed by atoms with van der Waals surface area (Å²) < 4.78 is 6.41. The molecule has 1 heterocycles. The molecule has 172 valence electrons. The Bertz CT molecular complexity index is 1020. The first-order chi connectivity index (χ1) is 15.3. The lowest BCUT2D eigenvalue weighted by molar-refractivity contribution is -0.137. The average Bonchev–Trinajstić information content (AvgIpc) is 3.19. The Hall–Kier alpha value is -2.34. The van der Waals surface area contributed by atoms with Gasteiger partial charge in [0.05, 0.1) is 17.4 Å². The number of nitrogens with one attached hydrogen (secondary N) is 1. The molecule has 2 bridgehead atoms. The lowest BCUT2D eigenvalue weighted by Gasteiger charge is -2.62. The summed E-state index contributed by atoms with van der Waals surface area (Å²) in [6, 6.07) is 5.99. The number of carboxylic acids is 1. The molecular formula is C26H33NO4S. The summed E-state index contributed by atoms with van der Waals surface area (Å²) in [6.45, 7) is 4.68. The highest BCUT2D eigenvalue weighted by Crippen LogP contribution is 2.61. The third-order valence-corrected chi connectivity index (χ3v) is 8.78. The molecule has 1 aromatic carbocycles. The van der Waals surface area contributed by atoms with Gasteiger partial charge in [0.2, 0.25) is 0 Å². The van der Waals surface area contributed by atoms with Crippen LogP contribution >= 0.6 is 11.3 Å². The van der Waals surface area contributed by atoms with E-state index in [0.29, 0.717) is 18.3 Å². The predicted molar refractivity (Wildman–Crippen MR) is 128 cm³/mol. The van der Waals surface area contributed by atoms with Crippen LogP contribution in [0.3, 0.4) is 0 Å². The van der Waals surface area contributed by atoms with E-state index in [2.05, 4.69) is 31.3 Å². The third kappa shape index (κ3) is 4.29. The van der Waals surface area contributed by atoms with Gasteiger partial charge in [0.1, 0.15) is 5.75 Å². The average molecular weight is 456 g/mol. The van der Waals surface area contributed by atoms with Crippen molar-refractivity contribution in [2.75, 3.05) is 7.11 Å². The maximum Gasteiger partial charge on any atom is 0.303 e. The number of carbonyl (C=O) groups excluding carboxylic acids is 1. The number of rotatable bonds is 9. The molecule has 3 fully saturated rings. The number of aliphatic carboxylic acids is 1. The fourth-order valence-corrected chi connectivity index (χ4v) is 6.76. The number of unbranched alkanes of at least 4 members (excludes halogenated alkanes) is 1. The Morgan fingerprint density at radius 1 is 1.28 bits per heavy atom. The zero-order chi connectivity index (χ0) is 22.9. The zero-order valence-electron chi connectivity index (χ0n) is 19.1. The van der Waals surface area contributed by atoms with E-state index < -0.39 is 5.97 Å². The number of thiophene rings is 1. The van der Waals surface area contributed by atoms with Crippen LogP contribution in [-0.4, -0.2) is 30.1 Å². The summed E-state index contributed by atoms with van der Waals surface area (Å²) in [6.07, 6.45) is 9.21. The molecule has 0 radical (unpaired) electrons. The number of carboxylic acid groups (broad SMARTS) is 1. The number of amides is 1. The van der Waals surface area contributed by atoms with Crippen molar-refractivity contribution < 1.29 is 19.4 Å². The van der Waals surface area contributed by atoms with Crippen molar-refractivity contribution in [2.45, 2.75) is 58.4 Å². The maximum atomic E-state index is 13.4. The van der Waals surface area contributed by atoms with Gasteiger partial charge >= 0.3 is 5.97 Å². The predicted octanol–water partition coefficient (Wildman–Crippen LogP) is 5.89. The molecule has 5 nitrogen and oxygen atoms in total. The number of benzene rings is 1. The van der Waals surface area contributed by atoms with Gasteiger partial charge in [-0.3, -0.25) is 9.59 Å². The van der Waals surface area contributed by atoms with Gasteiger partial charge in [-0.1, -0.05) is 32.1 Å². The summed E-state index contributed by atoms with van der Waals surface area (Å²) in [5.74, 6) is 1.70. The number of methoxy groups -OCH3 is 1. The molecule has 3 aliphatic carbocycles. The molecule has 2 N–H and O–H groups in total. The van der Waals surface area contributed by atoms with Crippen LogP contribution in [-0.2, 0) is 4.79 Å². The highest BCUT2D eigenvalue weighted by atomic mass is 32.1. The number of hydrogen-bond donors (Lipinski definition) is 2. The zero-order valence-corrected chi connectivity index (χ0v) is 19.9. The van der Waals surface area contributed by atoms with E-state index in [1.165, 1.54) is 6.42 Å². The second-order valence-electron chi connectivity index (χ2n) is 9.83. The highest BCUT2D eigenvalue weighted by molar-refractivity contribution is 7.18. The van der Waals surface area contributed by atoms with Gasteiger partial charge in [-0.05, 0) is 67.4 Å². The van der Waals surface area contributed by atoms with Gasteiger partial charge in [0, 0.05) is 23.2 Å². The van der Waals surface area contributed by atoms with Crippen molar-refractivity contribution in [3.8, 4) is 5.75 Å². The van der Waals surface area contributed by atoms with Crippen LogP contribution in [0.25, 0.3) is 10.1 Å². The van der Waals surface area contributed by atoms with E-state index in [1.54, 1.807) is 18.4 Å². The van der Waals surface area contributed by atoms with Gasteiger partial charge in [0.25, 0.3) is 5.91 Å². The Balaban J connectivity index is 1.48. The SMILES string of the molecule is COc1csc2c(C(=O)N[C@H]3C4CC(C[C@@H]3C/C=C\CCCC(=O)O)C4(C)C)cccc12. The number of hydrogen-bond acceptors (Lipinski definition) is 4. The van der Waals surface area contributed by atoms with Crippen LogP contribution in [0.5, 0.6) is 5.75 Å². The van der Waals surface area contributed by atoms with Crippen LogP contribution in [0.2, 0.25) is 0 Å². The van der Waals surface area contributed by atoms with Crippen LogP contribution < -0.4 is 10.1 Å². The van der Waals surface area contributed by atoms with Gasteiger partial charge in [0.15, 0.2) is 0 Å². The molecular weight excluding hydrogens is 422 g/mol. The molecule has 6 heteroatoms. The molecule has 3 aliphatic rings. The maximum absolute atomic E-state index is 13.4. The van der Waals surface area contributed by atoms with Crippen LogP contribution in [0, 0.1) is 23.2 Å². The van der Waals surface area contributed by atoms with Crippen molar-refractivity contribution in [3.63, 3.8) is 0 Å². The van der Waals surface area contributed by atoms with Gasteiger partial charge < -0.3 is 15.2 Å². The largest absolute Gasteiger partial charge is 0.495 e. The first-order valence-corrected chi connectivity index (χ1v) is 12.4. The van der Waals surface area contributed by atoms with Crippen molar-refractivity contribution in [2.24, 2.45) is 23.2 Å². The smallest absolute Gasteiger partial charge is 0.303 e. The summed E-state index contributed by atoms with van der Waals surface area (Å²) in [5, 5.41) is 15.2. The van der Waals surface area contributed by atoms with Gasteiger partial charge in [-0.2, -0.15) is 0 Å². The van der Waals surface area contributed by atoms with E-state index in [-0.39, 0.29) is 23.8 Å². The van der Waals surface area contributed by atoms with E-state index in [1.807, 2.05) is 23.6 Å². The third-order valence-electron chi connectivity index (χ3n) is 7.77. The Kier molecular flexibility index (Phi) is 6.61. The first kappa shape index (κ1) is 22.8. The second kappa shape index (κ2) is 9.26. The molecule has 0 saturated heterocycles. The highest BCUT2D eigenvalue weighted by Gasteiger charge is 2.57.